The fourth-order valence-electron chi connectivity index (χ4n) is 4.32. The second-order valence-corrected chi connectivity index (χ2v) is 10.9. The van der Waals surface area contributed by atoms with Crippen molar-refractivity contribution in [1.29, 1.82) is 0 Å². The summed E-state index contributed by atoms with van der Waals surface area (Å²) in [7, 11) is 0. The fraction of sp³-hybridized carbons (Fsp3) is 0.516. The summed E-state index contributed by atoms with van der Waals surface area (Å²) in [6, 6.07) is 12.2. The number of hydrogen-bond donors (Lipinski definition) is 3. The first-order chi connectivity index (χ1) is 18.4. The molecule has 2 unspecified atom stereocenters. The zero-order valence-corrected chi connectivity index (χ0v) is 24.3. The number of phenols is 1. The second-order valence-electron chi connectivity index (χ2n) is 10.9. The first-order valence-electron chi connectivity index (χ1n) is 13.9. The minimum absolute atomic E-state index is 0.105. The van der Waals surface area contributed by atoms with Gasteiger partial charge >= 0.3 is 6.09 Å². The summed E-state index contributed by atoms with van der Waals surface area (Å²) in [4.78, 5) is 42.2. The number of ether oxygens (including phenoxy) is 1. The predicted molar refractivity (Wildman–Crippen MR) is 153 cm³/mol. The molecule has 0 fully saturated rings. The van der Waals surface area contributed by atoms with E-state index in [-0.39, 0.29) is 24.0 Å². The van der Waals surface area contributed by atoms with Gasteiger partial charge < -0.3 is 25.4 Å². The molecule has 0 aliphatic carbocycles. The van der Waals surface area contributed by atoms with Crippen LogP contribution in [-0.4, -0.2) is 52.6 Å². The predicted octanol–water partition coefficient (Wildman–Crippen LogP) is 5.42. The zero-order valence-electron chi connectivity index (χ0n) is 24.3. The molecule has 0 saturated carbocycles. The first-order valence-corrected chi connectivity index (χ1v) is 13.9. The lowest BCUT2D eigenvalue weighted by Gasteiger charge is -2.34. The van der Waals surface area contributed by atoms with Gasteiger partial charge in [-0.3, -0.25) is 9.59 Å². The lowest BCUT2D eigenvalue weighted by Crippen LogP contribution is -2.54. The van der Waals surface area contributed by atoms with Crippen molar-refractivity contribution in [3.05, 3.63) is 65.2 Å². The normalized spacial score (nSPS) is 12.8. The number of nitrogens with one attached hydrogen (secondary N) is 2. The van der Waals surface area contributed by atoms with Crippen molar-refractivity contribution in [3.8, 4) is 5.75 Å². The number of nitrogens with zero attached hydrogens (tertiary/aromatic N) is 1. The standard InChI is InChI=1S/C31H45N3O5/c1-7-9-10-18-32-28(36)27(24-13-11-12-22(3)20-24)34(19-8-2)29(37)26(33-30(38)39-31(4,5)6)21-23-14-16-25(35)17-15-23/h11-17,20,26-27,35H,7-10,18-19,21H2,1-6H3,(H,32,36)(H,33,38). The van der Waals surface area contributed by atoms with Crippen LogP contribution in [0.3, 0.4) is 0 Å². The molecule has 2 aromatic carbocycles. The average Bonchev–Trinajstić information content (AvgIpc) is 2.86. The minimum Gasteiger partial charge on any atom is -0.508 e. The Kier molecular flexibility index (Phi) is 12.3. The maximum absolute atomic E-state index is 14.2. The molecule has 0 saturated heterocycles. The molecule has 0 radical (unpaired) electrons. The van der Waals surface area contributed by atoms with E-state index in [9.17, 15) is 19.5 Å². The Bertz CT molecular complexity index is 1080. The summed E-state index contributed by atoms with van der Waals surface area (Å²) in [6.07, 6.45) is 2.96. The van der Waals surface area contributed by atoms with E-state index < -0.39 is 23.8 Å². The highest BCUT2D eigenvalue weighted by Crippen LogP contribution is 2.25. The number of phenolic OH excluding ortho intramolecular Hbond substituents is 1. The maximum atomic E-state index is 14.2. The van der Waals surface area contributed by atoms with E-state index in [0.29, 0.717) is 25.1 Å². The van der Waals surface area contributed by atoms with Crippen molar-refractivity contribution >= 4 is 17.9 Å². The number of carbonyl (C=O) groups excluding carboxylic acids is 3. The Morgan fingerprint density at radius 2 is 1.69 bits per heavy atom. The van der Waals surface area contributed by atoms with Crippen LogP contribution in [0.25, 0.3) is 0 Å². The van der Waals surface area contributed by atoms with Gasteiger partial charge in [0.15, 0.2) is 0 Å². The molecule has 0 spiro atoms. The van der Waals surface area contributed by atoms with Crippen molar-refractivity contribution < 1.29 is 24.2 Å². The van der Waals surface area contributed by atoms with Crippen LogP contribution in [0.1, 0.15) is 83.0 Å². The highest BCUT2D eigenvalue weighted by atomic mass is 16.6. The molecule has 0 aliphatic heterocycles. The molecule has 2 rings (SSSR count). The average molecular weight is 540 g/mol. The lowest BCUT2D eigenvalue weighted by molar-refractivity contribution is -0.142. The van der Waals surface area contributed by atoms with Gasteiger partial charge in [-0.2, -0.15) is 0 Å². The van der Waals surface area contributed by atoms with Crippen molar-refractivity contribution in [2.75, 3.05) is 13.1 Å². The van der Waals surface area contributed by atoms with Crippen LogP contribution in [0.5, 0.6) is 5.75 Å². The van der Waals surface area contributed by atoms with Gasteiger partial charge in [0.1, 0.15) is 23.4 Å². The third-order valence-electron chi connectivity index (χ3n) is 6.11. The number of benzene rings is 2. The number of hydrogen-bond acceptors (Lipinski definition) is 5. The van der Waals surface area contributed by atoms with Crippen molar-refractivity contribution in [2.45, 2.75) is 91.3 Å². The molecule has 2 atom stereocenters. The van der Waals surface area contributed by atoms with Crippen LogP contribution >= 0.6 is 0 Å². The van der Waals surface area contributed by atoms with Crippen LogP contribution < -0.4 is 10.6 Å². The van der Waals surface area contributed by atoms with Crippen LogP contribution in [-0.2, 0) is 20.7 Å². The monoisotopic (exact) mass is 539 g/mol. The molecule has 8 heteroatoms. The van der Waals surface area contributed by atoms with E-state index >= 15 is 0 Å². The number of unbranched alkanes of at least 4 members (excludes halogenated alkanes) is 2. The van der Waals surface area contributed by atoms with Gasteiger partial charge in [0.2, 0.25) is 11.8 Å². The molecule has 3 N–H and O–H groups in total. The Labute approximate surface area is 233 Å². The molecule has 2 aromatic rings. The number of rotatable bonds is 13. The molecular formula is C31H45N3O5. The molecule has 8 nitrogen and oxygen atoms in total. The van der Waals surface area contributed by atoms with Gasteiger partial charge in [0.25, 0.3) is 0 Å². The minimum atomic E-state index is -0.990. The third-order valence-corrected chi connectivity index (χ3v) is 6.11. The Morgan fingerprint density at radius 3 is 2.28 bits per heavy atom. The van der Waals surface area contributed by atoms with Crippen molar-refractivity contribution in [2.24, 2.45) is 0 Å². The molecule has 39 heavy (non-hydrogen) atoms. The molecule has 0 bridgehead atoms. The maximum Gasteiger partial charge on any atom is 0.408 e. The van der Waals surface area contributed by atoms with Crippen LogP contribution in [0.2, 0.25) is 0 Å². The molecule has 0 aromatic heterocycles. The van der Waals surface area contributed by atoms with Gasteiger partial charge in [-0.05, 0) is 63.8 Å². The van der Waals surface area contributed by atoms with Gasteiger partial charge in [-0.15, -0.1) is 0 Å². The van der Waals surface area contributed by atoms with Crippen molar-refractivity contribution in [3.63, 3.8) is 0 Å². The van der Waals surface area contributed by atoms with Gasteiger partial charge in [0, 0.05) is 19.5 Å². The SMILES string of the molecule is CCCCCNC(=O)C(c1cccc(C)c1)N(CCC)C(=O)C(Cc1ccc(O)cc1)NC(=O)OC(C)(C)C. The number of alkyl carbamates (subject to hydrolysis) is 1. The number of amides is 3. The zero-order chi connectivity index (χ0) is 29.0. The van der Waals surface area contributed by atoms with Crippen LogP contribution in [0.4, 0.5) is 4.79 Å². The topological polar surface area (TPSA) is 108 Å². The molecule has 3 amide bonds. The summed E-state index contributed by atoms with van der Waals surface area (Å²) in [5.74, 6) is -0.529. The van der Waals surface area contributed by atoms with Crippen LogP contribution in [0.15, 0.2) is 48.5 Å². The first kappa shape index (κ1) is 31.7. The van der Waals surface area contributed by atoms with Gasteiger partial charge in [-0.1, -0.05) is 68.7 Å². The van der Waals surface area contributed by atoms with Crippen LogP contribution in [0, 0.1) is 6.92 Å². The van der Waals surface area contributed by atoms with E-state index in [0.717, 1.165) is 30.4 Å². The van der Waals surface area contributed by atoms with Crippen molar-refractivity contribution in [1.82, 2.24) is 15.5 Å². The number of aryl methyl sites for hydroxylation is 1. The van der Waals surface area contributed by atoms with E-state index in [1.165, 1.54) is 12.1 Å². The number of aromatic hydroxyl groups is 1. The summed E-state index contributed by atoms with van der Waals surface area (Å²) in [5, 5.41) is 15.5. The molecule has 0 heterocycles. The summed E-state index contributed by atoms with van der Waals surface area (Å²) >= 11 is 0. The summed E-state index contributed by atoms with van der Waals surface area (Å²) in [6.45, 7) is 12.1. The largest absolute Gasteiger partial charge is 0.508 e. The molecule has 214 valence electrons. The summed E-state index contributed by atoms with van der Waals surface area (Å²) < 4.78 is 5.46. The van der Waals surface area contributed by atoms with E-state index in [1.54, 1.807) is 37.8 Å². The van der Waals surface area contributed by atoms with E-state index in [2.05, 4.69) is 17.6 Å². The second kappa shape index (κ2) is 15.1. The fourth-order valence-corrected chi connectivity index (χ4v) is 4.32. The Morgan fingerprint density at radius 1 is 1.00 bits per heavy atom. The number of carbonyl (C=O) groups is 3. The highest BCUT2D eigenvalue weighted by molar-refractivity contribution is 5.92. The quantitative estimate of drug-likeness (QED) is 0.295. The van der Waals surface area contributed by atoms with E-state index in [1.807, 2.05) is 38.1 Å². The van der Waals surface area contributed by atoms with E-state index in [4.69, 9.17) is 4.74 Å². The Hall–Kier alpha value is -3.55. The molecule has 0 aliphatic rings. The van der Waals surface area contributed by atoms with Gasteiger partial charge in [0.05, 0.1) is 0 Å². The lowest BCUT2D eigenvalue weighted by atomic mass is 9.99. The molecular weight excluding hydrogens is 494 g/mol. The third kappa shape index (κ3) is 10.6. The summed E-state index contributed by atoms with van der Waals surface area (Å²) in [5.41, 5.74) is 1.69. The highest BCUT2D eigenvalue weighted by Gasteiger charge is 2.36. The Balaban J connectivity index is 2.47. The van der Waals surface area contributed by atoms with Gasteiger partial charge in [-0.25, -0.2) is 4.79 Å². The smallest absolute Gasteiger partial charge is 0.408 e.